The van der Waals surface area contributed by atoms with Gasteiger partial charge in [-0.3, -0.25) is 4.99 Å². The molecule has 0 amide bonds. The molecule has 14 heavy (non-hydrogen) atoms. The molecular formula is C11H22N2S. The molecule has 0 aromatic carbocycles. The largest absolute Gasteiger partial charge is 0.362 e. The molecule has 0 spiro atoms. The highest BCUT2D eigenvalue weighted by atomic mass is 32.2. The van der Waals surface area contributed by atoms with Gasteiger partial charge in [-0.2, -0.15) is 0 Å². The Bertz CT molecular complexity index is 213. The van der Waals surface area contributed by atoms with E-state index in [1.807, 2.05) is 11.8 Å². The molecule has 0 aliphatic carbocycles. The van der Waals surface area contributed by atoms with Crippen LogP contribution in [0.15, 0.2) is 4.99 Å². The molecule has 3 atom stereocenters. The molecule has 3 unspecified atom stereocenters. The van der Waals surface area contributed by atoms with Gasteiger partial charge in [0, 0.05) is 11.8 Å². The molecule has 1 rings (SSSR count). The van der Waals surface area contributed by atoms with E-state index in [0.29, 0.717) is 23.9 Å². The molecular weight excluding hydrogens is 192 g/mol. The first-order valence-electron chi connectivity index (χ1n) is 5.47. The van der Waals surface area contributed by atoms with E-state index >= 15 is 0 Å². The molecule has 82 valence electrons. The van der Waals surface area contributed by atoms with Gasteiger partial charge >= 0.3 is 0 Å². The Morgan fingerprint density at radius 2 is 2.00 bits per heavy atom. The summed E-state index contributed by atoms with van der Waals surface area (Å²) < 4.78 is 0. The van der Waals surface area contributed by atoms with E-state index < -0.39 is 0 Å². The summed E-state index contributed by atoms with van der Waals surface area (Å²) in [6.07, 6.45) is 0. The van der Waals surface area contributed by atoms with Gasteiger partial charge in [0.1, 0.15) is 0 Å². The molecule has 0 saturated carbocycles. The van der Waals surface area contributed by atoms with Crippen LogP contribution in [0, 0.1) is 11.8 Å². The fourth-order valence-corrected chi connectivity index (χ4v) is 2.35. The molecule has 0 radical (unpaired) electrons. The van der Waals surface area contributed by atoms with E-state index in [2.05, 4.69) is 44.9 Å². The standard InChI is InChI=1S/C11H22N2S/c1-7(2)9(4)12-11-13-10(5)8(3)6-14-11/h7-10H,6H2,1-5H3,(H,12,13). The van der Waals surface area contributed by atoms with Gasteiger partial charge in [-0.1, -0.05) is 32.5 Å². The van der Waals surface area contributed by atoms with Crippen LogP contribution in [0.25, 0.3) is 0 Å². The number of thioether (sulfide) groups is 1. The summed E-state index contributed by atoms with van der Waals surface area (Å²) in [5, 5.41) is 4.62. The van der Waals surface area contributed by atoms with Crippen LogP contribution >= 0.6 is 11.8 Å². The van der Waals surface area contributed by atoms with Crippen LogP contribution < -0.4 is 5.32 Å². The number of hydrogen-bond donors (Lipinski definition) is 1. The topological polar surface area (TPSA) is 24.4 Å². The highest BCUT2D eigenvalue weighted by Crippen LogP contribution is 2.22. The van der Waals surface area contributed by atoms with E-state index in [1.54, 1.807) is 0 Å². The van der Waals surface area contributed by atoms with Crippen LogP contribution in [0.1, 0.15) is 34.6 Å². The van der Waals surface area contributed by atoms with Crippen molar-refractivity contribution in [1.29, 1.82) is 0 Å². The van der Waals surface area contributed by atoms with Gasteiger partial charge in [-0.15, -0.1) is 0 Å². The van der Waals surface area contributed by atoms with E-state index in [1.165, 1.54) is 5.75 Å². The Morgan fingerprint density at radius 1 is 1.36 bits per heavy atom. The summed E-state index contributed by atoms with van der Waals surface area (Å²) >= 11 is 1.86. The molecule has 0 aromatic rings. The monoisotopic (exact) mass is 214 g/mol. The van der Waals surface area contributed by atoms with Gasteiger partial charge in [-0.25, -0.2) is 0 Å². The molecule has 2 nitrogen and oxygen atoms in total. The predicted octanol–water partition coefficient (Wildman–Crippen LogP) is 2.75. The highest BCUT2D eigenvalue weighted by Gasteiger charge is 2.20. The van der Waals surface area contributed by atoms with Crippen LogP contribution in [-0.2, 0) is 0 Å². The van der Waals surface area contributed by atoms with Crippen LogP contribution in [0.2, 0.25) is 0 Å². The normalized spacial score (nSPS) is 30.0. The van der Waals surface area contributed by atoms with E-state index in [-0.39, 0.29) is 0 Å². The SMILES string of the molecule is CC(C)C(C)NC1=NC(C)C(C)CS1. The van der Waals surface area contributed by atoms with Gasteiger partial charge in [-0.05, 0) is 25.7 Å². The Kier molecular flexibility index (Phi) is 4.30. The third kappa shape index (κ3) is 3.19. The number of rotatable bonds is 2. The summed E-state index contributed by atoms with van der Waals surface area (Å²) in [4.78, 5) is 4.65. The van der Waals surface area contributed by atoms with Crippen molar-refractivity contribution in [2.75, 3.05) is 5.75 Å². The van der Waals surface area contributed by atoms with Crippen molar-refractivity contribution >= 4 is 16.9 Å². The van der Waals surface area contributed by atoms with Crippen LogP contribution in [0.4, 0.5) is 0 Å². The fourth-order valence-electron chi connectivity index (χ4n) is 1.14. The van der Waals surface area contributed by atoms with Crippen LogP contribution in [0.5, 0.6) is 0 Å². The minimum atomic E-state index is 0.470. The maximum Gasteiger partial charge on any atom is 0.157 e. The van der Waals surface area contributed by atoms with Crippen molar-refractivity contribution in [1.82, 2.24) is 5.32 Å². The summed E-state index contributed by atoms with van der Waals surface area (Å²) in [6.45, 7) is 11.2. The molecule has 1 heterocycles. The van der Waals surface area contributed by atoms with Crippen LogP contribution in [0.3, 0.4) is 0 Å². The molecule has 0 fully saturated rings. The maximum absolute atomic E-state index is 4.65. The lowest BCUT2D eigenvalue weighted by atomic mass is 10.1. The molecule has 0 aromatic heterocycles. The number of nitrogens with one attached hydrogen (secondary N) is 1. The average molecular weight is 214 g/mol. The molecule has 1 N–H and O–H groups in total. The van der Waals surface area contributed by atoms with Gasteiger partial charge in [0.2, 0.25) is 0 Å². The van der Waals surface area contributed by atoms with Crippen molar-refractivity contribution in [3.63, 3.8) is 0 Å². The third-order valence-corrected chi connectivity index (χ3v) is 4.17. The second kappa shape index (κ2) is 5.06. The van der Waals surface area contributed by atoms with E-state index in [9.17, 15) is 0 Å². The van der Waals surface area contributed by atoms with E-state index in [4.69, 9.17) is 0 Å². The zero-order chi connectivity index (χ0) is 10.7. The van der Waals surface area contributed by atoms with Crippen molar-refractivity contribution in [2.24, 2.45) is 16.8 Å². The molecule has 1 aliphatic heterocycles. The second-order valence-electron chi connectivity index (χ2n) is 4.64. The number of hydrogen-bond acceptors (Lipinski definition) is 3. The fraction of sp³-hybridized carbons (Fsp3) is 0.909. The van der Waals surface area contributed by atoms with Crippen molar-refractivity contribution in [3.05, 3.63) is 0 Å². The summed E-state index contributed by atoms with van der Waals surface area (Å²) in [6, 6.07) is 0.986. The van der Waals surface area contributed by atoms with Crippen molar-refractivity contribution < 1.29 is 0 Å². The van der Waals surface area contributed by atoms with Crippen molar-refractivity contribution in [2.45, 2.75) is 46.7 Å². The smallest absolute Gasteiger partial charge is 0.157 e. The first-order valence-corrected chi connectivity index (χ1v) is 6.46. The minimum Gasteiger partial charge on any atom is -0.362 e. The van der Waals surface area contributed by atoms with E-state index in [0.717, 1.165) is 5.17 Å². The van der Waals surface area contributed by atoms with Crippen molar-refractivity contribution in [3.8, 4) is 0 Å². The second-order valence-corrected chi connectivity index (χ2v) is 5.65. The lowest BCUT2D eigenvalue weighted by molar-refractivity contribution is 0.481. The Morgan fingerprint density at radius 3 is 2.50 bits per heavy atom. The summed E-state index contributed by atoms with van der Waals surface area (Å²) in [7, 11) is 0. The average Bonchev–Trinajstić information content (AvgIpc) is 2.11. The molecule has 3 heteroatoms. The first kappa shape index (κ1) is 11.9. The quantitative estimate of drug-likeness (QED) is 0.764. The summed E-state index contributed by atoms with van der Waals surface area (Å²) in [5.74, 6) is 2.56. The summed E-state index contributed by atoms with van der Waals surface area (Å²) in [5.41, 5.74) is 0. The van der Waals surface area contributed by atoms with Gasteiger partial charge in [0.15, 0.2) is 5.17 Å². The van der Waals surface area contributed by atoms with Gasteiger partial charge in [0.05, 0.1) is 6.04 Å². The zero-order valence-electron chi connectivity index (χ0n) is 9.87. The predicted molar refractivity (Wildman–Crippen MR) is 66.0 cm³/mol. The lowest BCUT2D eigenvalue weighted by Crippen LogP contribution is -2.38. The molecule has 1 aliphatic rings. The molecule has 0 saturated heterocycles. The minimum absolute atomic E-state index is 0.470. The van der Waals surface area contributed by atoms with Gasteiger partial charge in [0.25, 0.3) is 0 Å². The number of aliphatic imine (C=N–C) groups is 1. The zero-order valence-corrected chi connectivity index (χ0v) is 10.7. The number of amidine groups is 1. The van der Waals surface area contributed by atoms with Crippen LogP contribution in [-0.4, -0.2) is 23.0 Å². The maximum atomic E-state index is 4.65. The van der Waals surface area contributed by atoms with Gasteiger partial charge < -0.3 is 5.32 Å². The third-order valence-electron chi connectivity index (χ3n) is 2.98. The lowest BCUT2D eigenvalue weighted by Gasteiger charge is -2.27. The Hall–Kier alpha value is -0.180. The Balaban J connectivity index is 2.50. The first-order chi connectivity index (χ1) is 6.50. The molecule has 0 bridgehead atoms. The highest BCUT2D eigenvalue weighted by molar-refractivity contribution is 8.13. The number of nitrogens with zero attached hydrogens (tertiary/aromatic N) is 1. The Labute approximate surface area is 92.0 Å².